The van der Waals surface area contributed by atoms with Crippen LogP contribution >= 0.6 is 12.4 Å². The number of para-hydroxylation sites is 2. The van der Waals surface area contributed by atoms with Crippen LogP contribution in [0.5, 0.6) is 5.75 Å². The first kappa shape index (κ1) is 20.2. The van der Waals surface area contributed by atoms with Gasteiger partial charge in [-0.15, -0.1) is 12.4 Å². The van der Waals surface area contributed by atoms with Crippen LogP contribution in [0.15, 0.2) is 28.8 Å². The highest BCUT2D eigenvalue weighted by Gasteiger charge is 2.16. The van der Waals surface area contributed by atoms with E-state index in [1.54, 1.807) is 19.2 Å². The number of nitrogens with zero attached hydrogens (tertiary/aromatic N) is 2. The number of rotatable bonds is 7. The quantitative estimate of drug-likeness (QED) is 0.767. The predicted octanol–water partition coefficient (Wildman–Crippen LogP) is 2.61. The Morgan fingerprint density at radius 3 is 2.88 bits per heavy atom. The zero-order chi connectivity index (χ0) is 17.5. The van der Waals surface area contributed by atoms with E-state index in [0.29, 0.717) is 29.1 Å². The summed E-state index contributed by atoms with van der Waals surface area (Å²) in [6.45, 7) is 2.17. The Hall–Kier alpha value is -2.12. The number of amides is 1. The van der Waals surface area contributed by atoms with E-state index >= 15 is 0 Å². The summed E-state index contributed by atoms with van der Waals surface area (Å²) in [5.41, 5.74) is 0.629. The van der Waals surface area contributed by atoms with Crippen LogP contribution in [0.1, 0.15) is 31.0 Å². The zero-order valence-corrected chi connectivity index (χ0v) is 15.7. The van der Waals surface area contributed by atoms with Crippen molar-refractivity contribution in [3.63, 3.8) is 0 Å². The fourth-order valence-corrected chi connectivity index (χ4v) is 3.05. The highest BCUT2D eigenvalue weighted by molar-refractivity contribution is 5.93. The van der Waals surface area contributed by atoms with Gasteiger partial charge >= 0.3 is 0 Å². The molecule has 1 aliphatic rings. The number of carbonyl (C=O) groups excluding carboxylic acids is 1. The van der Waals surface area contributed by atoms with E-state index in [-0.39, 0.29) is 24.7 Å². The summed E-state index contributed by atoms with van der Waals surface area (Å²) in [6.07, 6.45) is 4.29. The Morgan fingerprint density at radius 1 is 1.35 bits per heavy atom. The van der Waals surface area contributed by atoms with Gasteiger partial charge in [0.05, 0.1) is 19.2 Å². The van der Waals surface area contributed by atoms with E-state index in [4.69, 9.17) is 9.26 Å². The number of aryl methyl sites for hydroxylation is 1. The fourth-order valence-electron chi connectivity index (χ4n) is 3.05. The lowest BCUT2D eigenvalue weighted by Gasteiger charge is -2.21. The third-order valence-corrected chi connectivity index (χ3v) is 4.44. The molecule has 7 nitrogen and oxygen atoms in total. The van der Waals surface area contributed by atoms with Gasteiger partial charge in [-0.1, -0.05) is 17.3 Å². The number of hydrogen-bond acceptors (Lipinski definition) is 6. The molecule has 1 fully saturated rings. The van der Waals surface area contributed by atoms with Gasteiger partial charge in [0, 0.05) is 6.42 Å². The van der Waals surface area contributed by atoms with Crippen LogP contribution in [0.25, 0.3) is 0 Å². The number of benzene rings is 1. The molecule has 2 heterocycles. The van der Waals surface area contributed by atoms with Crippen molar-refractivity contribution in [2.45, 2.75) is 32.1 Å². The van der Waals surface area contributed by atoms with Crippen LogP contribution in [-0.2, 0) is 17.6 Å². The summed E-state index contributed by atoms with van der Waals surface area (Å²) in [7, 11) is 1.57. The molecule has 1 aromatic heterocycles. The van der Waals surface area contributed by atoms with Gasteiger partial charge in [-0.05, 0) is 50.4 Å². The van der Waals surface area contributed by atoms with Gasteiger partial charge in [-0.2, -0.15) is 4.98 Å². The van der Waals surface area contributed by atoms with Crippen molar-refractivity contribution in [2.24, 2.45) is 5.92 Å². The molecule has 1 aromatic carbocycles. The molecule has 1 saturated heterocycles. The van der Waals surface area contributed by atoms with Crippen LogP contribution in [0.3, 0.4) is 0 Å². The maximum atomic E-state index is 12.2. The molecule has 0 radical (unpaired) electrons. The average Bonchev–Trinajstić information content (AvgIpc) is 3.08. The molecule has 142 valence electrons. The van der Waals surface area contributed by atoms with Gasteiger partial charge in [0.1, 0.15) is 5.75 Å². The Kier molecular flexibility index (Phi) is 7.87. The number of methoxy groups -OCH3 is 1. The number of halogens is 1. The van der Waals surface area contributed by atoms with Crippen LogP contribution < -0.4 is 15.4 Å². The van der Waals surface area contributed by atoms with Crippen molar-refractivity contribution in [1.82, 2.24) is 15.5 Å². The van der Waals surface area contributed by atoms with Gasteiger partial charge in [0.15, 0.2) is 5.82 Å². The first-order chi connectivity index (χ1) is 12.2. The van der Waals surface area contributed by atoms with Gasteiger partial charge in [-0.25, -0.2) is 0 Å². The number of ether oxygens (including phenoxy) is 1. The number of aromatic nitrogens is 2. The van der Waals surface area contributed by atoms with E-state index in [2.05, 4.69) is 20.8 Å². The second-order valence-corrected chi connectivity index (χ2v) is 6.26. The normalized spacial score (nSPS) is 14.5. The number of hydrogen-bond donors (Lipinski definition) is 2. The van der Waals surface area contributed by atoms with Crippen molar-refractivity contribution < 1.29 is 14.1 Å². The van der Waals surface area contributed by atoms with Crippen LogP contribution in [-0.4, -0.2) is 36.2 Å². The standard InChI is InChI=1S/C18H24N4O3.ClH/c1-24-15-5-3-2-4-14(15)20-17(23)12-16-21-18(25-22-16)7-6-13-8-10-19-11-9-13;/h2-5,13,19H,6-12H2,1H3,(H,20,23);1H. The van der Waals surface area contributed by atoms with E-state index in [0.717, 1.165) is 25.9 Å². The molecule has 2 N–H and O–H groups in total. The lowest BCUT2D eigenvalue weighted by Crippen LogP contribution is -2.27. The van der Waals surface area contributed by atoms with Crippen LogP contribution in [0.2, 0.25) is 0 Å². The second-order valence-electron chi connectivity index (χ2n) is 6.26. The molecule has 1 aliphatic heterocycles. The molecule has 0 bridgehead atoms. The molecule has 0 atom stereocenters. The molecule has 0 unspecified atom stereocenters. The Bertz CT molecular complexity index is 701. The van der Waals surface area contributed by atoms with Crippen molar-refractivity contribution in [3.8, 4) is 5.75 Å². The predicted molar refractivity (Wildman–Crippen MR) is 101 cm³/mol. The summed E-state index contributed by atoms with van der Waals surface area (Å²) in [5.74, 6) is 2.15. The summed E-state index contributed by atoms with van der Waals surface area (Å²) < 4.78 is 10.5. The van der Waals surface area contributed by atoms with E-state index in [9.17, 15) is 4.79 Å². The molecule has 2 aromatic rings. The molecule has 0 saturated carbocycles. The van der Waals surface area contributed by atoms with Crippen molar-refractivity contribution in [2.75, 3.05) is 25.5 Å². The smallest absolute Gasteiger partial charge is 0.232 e. The molecular formula is C18H25ClN4O3. The van der Waals surface area contributed by atoms with Crippen LogP contribution in [0, 0.1) is 5.92 Å². The number of piperidine rings is 1. The monoisotopic (exact) mass is 380 g/mol. The van der Waals surface area contributed by atoms with Gasteiger partial charge in [-0.3, -0.25) is 4.79 Å². The summed E-state index contributed by atoms with van der Waals surface area (Å²) >= 11 is 0. The Morgan fingerprint density at radius 2 is 2.12 bits per heavy atom. The van der Waals surface area contributed by atoms with E-state index < -0.39 is 0 Å². The van der Waals surface area contributed by atoms with Crippen LogP contribution in [0.4, 0.5) is 5.69 Å². The molecule has 1 amide bonds. The molecule has 8 heteroatoms. The highest BCUT2D eigenvalue weighted by atomic mass is 35.5. The number of anilines is 1. The molecule has 0 aliphatic carbocycles. The average molecular weight is 381 g/mol. The lowest BCUT2D eigenvalue weighted by atomic mass is 9.93. The SMILES string of the molecule is COc1ccccc1NC(=O)Cc1noc(CCC2CCNCC2)n1.Cl. The minimum Gasteiger partial charge on any atom is -0.495 e. The van der Waals surface area contributed by atoms with E-state index in [1.165, 1.54) is 12.8 Å². The highest BCUT2D eigenvalue weighted by Crippen LogP contribution is 2.23. The first-order valence-electron chi connectivity index (χ1n) is 8.69. The fraction of sp³-hybridized carbons (Fsp3) is 0.500. The minimum absolute atomic E-state index is 0. The van der Waals surface area contributed by atoms with Gasteiger partial charge < -0.3 is 19.9 Å². The van der Waals surface area contributed by atoms with Gasteiger partial charge in [0.2, 0.25) is 11.8 Å². The van der Waals surface area contributed by atoms with Crippen molar-refractivity contribution >= 4 is 24.0 Å². The third kappa shape index (κ3) is 5.71. The number of carbonyl (C=O) groups is 1. The minimum atomic E-state index is -0.199. The number of nitrogens with one attached hydrogen (secondary N) is 2. The van der Waals surface area contributed by atoms with Crippen molar-refractivity contribution in [1.29, 1.82) is 0 Å². The maximum absolute atomic E-state index is 12.2. The largest absolute Gasteiger partial charge is 0.495 e. The zero-order valence-electron chi connectivity index (χ0n) is 14.9. The van der Waals surface area contributed by atoms with Gasteiger partial charge in [0.25, 0.3) is 0 Å². The maximum Gasteiger partial charge on any atom is 0.232 e. The third-order valence-electron chi connectivity index (χ3n) is 4.44. The Balaban J connectivity index is 0.00000243. The van der Waals surface area contributed by atoms with E-state index in [1.807, 2.05) is 12.1 Å². The molecule has 3 rings (SSSR count). The molecular weight excluding hydrogens is 356 g/mol. The molecule has 0 spiro atoms. The summed E-state index contributed by atoms with van der Waals surface area (Å²) in [4.78, 5) is 16.5. The summed E-state index contributed by atoms with van der Waals surface area (Å²) in [6, 6.07) is 7.27. The Labute approximate surface area is 159 Å². The molecule has 26 heavy (non-hydrogen) atoms. The topological polar surface area (TPSA) is 89.3 Å². The van der Waals surface area contributed by atoms with Crippen molar-refractivity contribution in [3.05, 3.63) is 36.0 Å². The second kappa shape index (κ2) is 10.1. The first-order valence-corrected chi connectivity index (χ1v) is 8.69. The summed E-state index contributed by atoms with van der Waals surface area (Å²) in [5, 5.41) is 10.1. The lowest BCUT2D eigenvalue weighted by molar-refractivity contribution is -0.115.